The molecule has 0 bridgehead atoms. The van der Waals surface area contributed by atoms with Crippen LogP contribution in [0.1, 0.15) is 40.0 Å². The fourth-order valence-electron chi connectivity index (χ4n) is 2.33. The topological polar surface area (TPSA) is 17.1 Å². The standard InChI is InChI=1S/C12H20O/c1-5-7-12(4)8-6-10(9(2)3)11(12)13/h5,9-10H,1,6-8H2,2-4H3. The minimum absolute atomic E-state index is 0.101. The van der Waals surface area contributed by atoms with Crippen LogP contribution in [0.25, 0.3) is 0 Å². The lowest BCUT2D eigenvalue weighted by atomic mass is 9.81. The summed E-state index contributed by atoms with van der Waals surface area (Å²) in [6, 6.07) is 0. The van der Waals surface area contributed by atoms with Crippen LogP contribution in [0.5, 0.6) is 0 Å². The van der Waals surface area contributed by atoms with Crippen LogP contribution in [0.3, 0.4) is 0 Å². The van der Waals surface area contributed by atoms with E-state index in [0.29, 0.717) is 17.6 Å². The van der Waals surface area contributed by atoms with Crippen LogP contribution in [0.15, 0.2) is 12.7 Å². The number of allylic oxidation sites excluding steroid dienone is 1. The van der Waals surface area contributed by atoms with Gasteiger partial charge < -0.3 is 0 Å². The quantitative estimate of drug-likeness (QED) is 0.609. The van der Waals surface area contributed by atoms with Gasteiger partial charge in [-0.25, -0.2) is 0 Å². The Bertz CT molecular complexity index is 217. The predicted octanol–water partition coefficient (Wildman–Crippen LogP) is 3.20. The Kier molecular flexibility index (Phi) is 2.94. The molecule has 1 rings (SSSR count). The number of hydrogen-bond donors (Lipinski definition) is 0. The van der Waals surface area contributed by atoms with Gasteiger partial charge in [-0.05, 0) is 25.2 Å². The third-order valence-electron chi connectivity index (χ3n) is 3.34. The van der Waals surface area contributed by atoms with Crippen molar-refractivity contribution in [2.45, 2.75) is 40.0 Å². The van der Waals surface area contributed by atoms with Gasteiger partial charge in [0.25, 0.3) is 0 Å². The van der Waals surface area contributed by atoms with E-state index < -0.39 is 0 Å². The van der Waals surface area contributed by atoms with Crippen LogP contribution in [-0.4, -0.2) is 5.78 Å². The van der Waals surface area contributed by atoms with Crippen molar-refractivity contribution >= 4 is 5.78 Å². The second-order valence-electron chi connectivity index (χ2n) is 4.81. The van der Waals surface area contributed by atoms with Crippen LogP contribution in [0, 0.1) is 17.3 Å². The Hall–Kier alpha value is -0.590. The third-order valence-corrected chi connectivity index (χ3v) is 3.34. The van der Waals surface area contributed by atoms with Gasteiger partial charge in [0.15, 0.2) is 0 Å². The summed E-state index contributed by atoms with van der Waals surface area (Å²) in [4.78, 5) is 12.0. The zero-order chi connectivity index (χ0) is 10.1. The molecule has 0 aliphatic heterocycles. The smallest absolute Gasteiger partial charge is 0.142 e. The minimum Gasteiger partial charge on any atom is -0.299 e. The van der Waals surface area contributed by atoms with Crippen molar-refractivity contribution in [1.29, 1.82) is 0 Å². The molecule has 1 aliphatic rings. The van der Waals surface area contributed by atoms with Gasteiger partial charge in [-0.1, -0.05) is 26.8 Å². The highest BCUT2D eigenvalue weighted by molar-refractivity contribution is 5.89. The lowest BCUT2D eigenvalue weighted by Gasteiger charge is -2.21. The Morgan fingerprint density at radius 2 is 2.31 bits per heavy atom. The van der Waals surface area contributed by atoms with Gasteiger partial charge in [0.05, 0.1) is 0 Å². The first-order chi connectivity index (χ1) is 6.01. The molecule has 1 aliphatic carbocycles. The van der Waals surface area contributed by atoms with Gasteiger partial charge in [0, 0.05) is 11.3 Å². The van der Waals surface area contributed by atoms with E-state index in [2.05, 4.69) is 27.4 Å². The Morgan fingerprint density at radius 3 is 2.69 bits per heavy atom. The van der Waals surface area contributed by atoms with E-state index >= 15 is 0 Å². The predicted molar refractivity (Wildman–Crippen MR) is 55.5 cm³/mol. The molecule has 0 N–H and O–H groups in total. The van der Waals surface area contributed by atoms with E-state index in [0.717, 1.165) is 19.3 Å². The molecule has 0 radical (unpaired) electrons. The molecule has 0 amide bonds. The summed E-state index contributed by atoms with van der Waals surface area (Å²) in [7, 11) is 0. The highest BCUT2D eigenvalue weighted by Gasteiger charge is 2.43. The molecule has 13 heavy (non-hydrogen) atoms. The second-order valence-corrected chi connectivity index (χ2v) is 4.81. The second kappa shape index (κ2) is 3.65. The summed E-state index contributed by atoms with van der Waals surface area (Å²) >= 11 is 0. The summed E-state index contributed by atoms with van der Waals surface area (Å²) in [5.41, 5.74) is -0.101. The minimum atomic E-state index is -0.101. The highest BCUT2D eigenvalue weighted by Crippen LogP contribution is 2.43. The SMILES string of the molecule is C=CCC1(C)CCC(C(C)C)C1=O. The monoisotopic (exact) mass is 180 g/mol. The van der Waals surface area contributed by atoms with Crippen LogP contribution in [0.4, 0.5) is 0 Å². The molecule has 0 aromatic rings. The van der Waals surface area contributed by atoms with E-state index in [4.69, 9.17) is 0 Å². The van der Waals surface area contributed by atoms with Crippen molar-refractivity contribution in [3.05, 3.63) is 12.7 Å². The van der Waals surface area contributed by atoms with Gasteiger partial charge in [-0.3, -0.25) is 4.79 Å². The number of ketones is 1. The van der Waals surface area contributed by atoms with E-state index in [1.54, 1.807) is 0 Å². The Morgan fingerprint density at radius 1 is 1.69 bits per heavy atom. The van der Waals surface area contributed by atoms with E-state index in [-0.39, 0.29) is 5.41 Å². The first kappa shape index (κ1) is 10.5. The molecule has 0 aromatic heterocycles. The summed E-state index contributed by atoms with van der Waals surface area (Å²) in [6.45, 7) is 10.1. The Labute approximate surface area is 81.2 Å². The average molecular weight is 180 g/mol. The Balaban J connectivity index is 2.74. The largest absolute Gasteiger partial charge is 0.299 e. The molecule has 1 fully saturated rings. The molecule has 0 aromatic carbocycles. The summed E-state index contributed by atoms with van der Waals surface area (Å²) < 4.78 is 0. The van der Waals surface area contributed by atoms with E-state index in [1.165, 1.54) is 0 Å². The van der Waals surface area contributed by atoms with Gasteiger partial charge in [-0.2, -0.15) is 0 Å². The molecule has 2 atom stereocenters. The maximum atomic E-state index is 12.0. The maximum absolute atomic E-state index is 12.0. The third kappa shape index (κ3) is 1.84. The number of carbonyl (C=O) groups excluding carboxylic acids is 1. The molecule has 1 heteroatoms. The number of rotatable bonds is 3. The zero-order valence-electron chi connectivity index (χ0n) is 8.97. The van der Waals surface area contributed by atoms with Crippen molar-refractivity contribution in [2.24, 2.45) is 17.3 Å². The number of hydrogen-bond acceptors (Lipinski definition) is 1. The highest BCUT2D eigenvalue weighted by atomic mass is 16.1. The molecular weight excluding hydrogens is 160 g/mol. The number of Topliss-reactive ketones (excluding diaryl/α,β-unsaturated/α-hetero) is 1. The van der Waals surface area contributed by atoms with Crippen LogP contribution in [0.2, 0.25) is 0 Å². The fraction of sp³-hybridized carbons (Fsp3) is 0.750. The molecule has 1 saturated carbocycles. The number of carbonyl (C=O) groups is 1. The van der Waals surface area contributed by atoms with E-state index in [1.807, 2.05) is 6.08 Å². The summed E-state index contributed by atoms with van der Waals surface area (Å²) in [5, 5.41) is 0. The molecule has 0 heterocycles. The van der Waals surface area contributed by atoms with Gasteiger partial charge in [0.2, 0.25) is 0 Å². The maximum Gasteiger partial charge on any atom is 0.142 e. The lowest BCUT2D eigenvalue weighted by Crippen LogP contribution is -2.26. The first-order valence-corrected chi connectivity index (χ1v) is 5.16. The molecule has 1 nitrogen and oxygen atoms in total. The fourth-order valence-corrected chi connectivity index (χ4v) is 2.33. The first-order valence-electron chi connectivity index (χ1n) is 5.16. The van der Waals surface area contributed by atoms with Gasteiger partial charge in [0.1, 0.15) is 5.78 Å². The summed E-state index contributed by atoms with van der Waals surface area (Å²) in [5.74, 6) is 1.26. The normalized spacial score (nSPS) is 34.2. The van der Waals surface area contributed by atoms with Crippen LogP contribution >= 0.6 is 0 Å². The van der Waals surface area contributed by atoms with Gasteiger partial charge >= 0.3 is 0 Å². The van der Waals surface area contributed by atoms with Crippen molar-refractivity contribution in [1.82, 2.24) is 0 Å². The molecule has 0 saturated heterocycles. The van der Waals surface area contributed by atoms with Crippen molar-refractivity contribution in [3.63, 3.8) is 0 Å². The molecule has 0 spiro atoms. The van der Waals surface area contributed by atoms with Crippen LogP contribution < -0.4 is 0 Å². The van der Waals surface area contributed by atoms with E-state index in [9.17, 15) is 4.79 Å². The van der Waals surface area contributed by atoms with Crippen LogP contribution in [-0.2, 0) is 4.79 Å². The molecule has 2 unspecified atom stereocenters. The van der Waals surface area contributed by atoms with Gasteiger partial charge in [-0.15, -0.1) is 6.58 Å². The zero-order valence-corrected chi connectivity index (χ0v) is 8.97. The van der Waals surface area contributed by atoms with Crippen molar-refractivity contribution in [2.75, 3.05) is 0 Å². The summed E-state index contributed by atoms with van der Waals surface area (Å²) in [6.07, 6.45) is 4.83. The van der Waals surface area contributed by atoms with Crippen molar-refractivity contribution < 1.29 is 4.79 Å². The van der Waals surface area contributed by atoms with Crippen molar-refractivity contribution in [3.8, 4) is 0 Å². The average Bonchev–Trinajstić information content (AvgIpc) is 2.30. The molecule has 74 valence electrons. The lowest BCUT2D eigenvalue weighted by molar-refractivity contribution is -0.129. The molecular formula is C12H20O.